The van der Waals surface area contributed by atoms with Crippen molar-refractivity contribution in [1.29, 1.82) is 0 Å². The number of hydrogen-bond donors (Lipinski definition) is 0. The third kappa shape index (κ3) is 6.95. The molecule has 1 aliphatic rings. The van der Waals surface area contributed by atoms with Gasteiger partial charge in [-0.05, 0) is 58.6 Å². The number of alkyl halides is 6. The third-order valence-corrected chi connectivity index (χ3v) is 6.99. The summed E-state index contributed by atoms with van der Waals surface area (Å²) in [6.45, 7) is 6.95. The van der Waals surface area contributed by atoms with Crippen molar-refractivity contribution in [3.8, 4) is 5.82 Å². The first-order valence-corrected chi connectivity index (χ1v) is 14.0. The largest absolute Gasteiger partial charge is 0.442 e. The average Bonchev–Trinajstić information content (AvgIpc) is 3.65. The third-order valence-electron chi connectivity index (χ3n) is 6.99. The van der Waals surface area contributed by atoms with E-state index in [2.05, 4.69) is 30.0 Å². The van der Waals surface area contributed by atoms with Crippen LogP contribution >= 0.6 is 0 Å². The summed E-state index contributed by atoms with van der Waals surface area (Å²) in [5.74, 6) is 0.335. The van der Waals surface area contributed by atoms with Crippen LogP contribution in [0.5, 0.6) is 0 Å². The minimum absolute atomic E-state index is 0.00755. The first-order valence-electron chi connectivity index (χ1n) is 14.0. The van der Waals surface area contributed by atoms with Gasteiger partial charge >= 0.3 is 18.4 Å². The Kier molecular flexibility index (Phi) is 8.52. The average molecular weight is 654 g/mol. The van der Waals surface area contributed by atoms with E-state index in [1.807, 2.05) is 0 Å². The molecule has 12 nitrogen and oxygen atoms in total. The topological polar surface area (TPSA) is 124 Å². The Hall–Kier alpha value is -4.61. The fourth-order valence-corrected chi connectivity index (χ4v) is 4.75. The van der Waals surface area contributed by atoms with Crippen molar-refractivity contribution in [2.45, 2.75) is 64.5 Å². The summed E-state index contributed by atoms with van der Waals surface area (Å²) in [5, 5.41) is 4.64. The number of aromatic nitrogens is 7. The zero-order chi connectivity index (χ0) is 33.6. The monoisotopic (exact) mass is 653 g/mol. The molecule has 5 rings (SSSR count). The molecule has 4 aromatic rings. The summed E-state index contributed by atoms with van der Waals surface area (Å²) in [6.07, 6.45) is -6.15. The van der Waals surface area contributed by atoms with Gasteiger partial charge in [-0.3, -0.25) is 4.84 Å². The number of amides is 1. The molecule has 3 aromatic heterocycles. The van der Waals surface area contributed by atoms with Crippen molar-refractivity contribution in [3.05, 3.63) is 54.1 Å². The van der Waals surface area contributed by atoms with Gasteiger partial charge in [0.25, 0.3) is 0 Å². The summed E-state index contributed by atoms with van der Waals surface area (Å²) in [6, 6.07) is 1.25. The molecule has 1 aromatic carbocycles. The van der Waals surface area contributed by atoms with Gasteiger partial charge in [0.1, 0.15) is 30.4 Å². The summed E-state index contributed by atoms with van der Waals surface area (Å²) in [7, 11) is 1.24. The lowest BCUT2D eigenvalue weighted by Crippen LogP contribution is -2.36. The van der Waals surface area contributed by atoms with E-state index in [-0.39, 0.29) is 41.8 Å². The predicted molar refractivity (Wildman–Crippen MR) is 151 cm³/mol. The normalized spacial score (nSPS) is 14.8. The Morgan fingerprint density at radius 2 is 1.65 bits per heavy atom. The molecule has 1 saturated carbocycles. The van der Waals surface area contributed by atoms with Crippen molar-refractivity contribution in [3.63, 3.8) is 0 Å². The number of carbonyl (C=O) groups is 1. The van der Waals surface area contributed by atoms with Gasteiger partial charge in [-0.15, -0.1) is 5.06 Å². The maximum Gasteiger partial charge on any atom is 0.440 e. The standard InChI is InChI=1S/C28H29F6N9O3/c1-15(23-39-14-40-42(23)20-10-21(36-12-35-20)43(45-5)25(44)46-26(2,3)4)41(11-16-6-7-16)24-18-8-17(27(29,30)31)9-19(28(32,33)34)22(18)37-13-38-24/h8-10,12-16H,6-7,11H2,1-5H3/t15-/m0/s1. The minimum atomic E-state index is -5.11. The molecular formula is C28H29F6N9O3. The smallest absolute Gasteiger partial charge is 0.440 e. The number of benzene rings is 1. The summed E-state index contributed by atoms with van der Waals surface area (Å²) < 4.78 is 90.1. The molecule has 0 radical (unpaired) electrons. The van der Waals surface area contributed by atoms with E-state index in [0.29, 0.717) is 6.07 Å². The Bertz CT molecular complexity index is 1730. The van der Waals surface area contributed by atoms with Crippen molar-refractivity contribution >= 4 is 28.6 Å². The zero-order valence-corrected chi connectivity index (χ0v) is 25.3. The molecule has 0 N–H and O–H groups in total. The molecule has 0 spiro atoms. The molecule has 246 valence electrons. The van der Waals surface area contributed by atoms with E-state index < -0.39 is 52.1 Å². The molecule has 1 amide bonds. The van der Waals surface area contributed by atoms with Crippen LogP contribution < -0.4 is 9.96 Å². The van der Waals surface area contributed by atoms with Crippen LogP contribution in [0.4, 0.5) is 42.8 Å². The van der Waals surface area contributed by atoms with Gasteiger partial charge in [0.05, 0.1) is 29.8 Å². The maximum atomic E-state index is 14.0. The van der Waals surface area contributed by atoms with Crippen LogP contribution in [0.2, 0.25) is 0 Å². The number of fused-ring (bicyclic) bond motifs is 1. The van der Waals surface area contributed by atoms with Crippen molar-refractivity contribution in [1.82, 2.24) is 34.7 Å². The van der Waals surface area contributed by atoms with E-state index in [0.717, 1.165) is 30.6 Å². The van der Waals surface area contributed by atoms with Crippen molar-refractivity contribution in [2.75, 3.05) is 23.6 Å². The van der Waals surface area contributed by atoms with Crippen LogP contribution in [0.25, 0.3) is 16.7 Å². The van der Waals surface area contributed by atoms with E-state index in [9.17, 15) is 31.1 Å². The quantitative estimate of drug-likeness (QED) is 0.158. The molecule has 1 fully saturated rings. The number of hydroxylamine groups is 1. The maximum absolute atomic E-state index is 14.0. The fraction of sp³-hybridized carbons (Fsp3) is 0.464. The van der Waals surface area contributed by atoms with Crippen molar-refractivity contribution in [2.24, 2.45) is 5.92 Å². The van der Waals surface area contributed by atoms with Gasteiger partial charge in [-0.2, -0.15) is 36.1 Å². The lowest BCUT2D eigenvalue weighted by atomic mass is 10.0. The fourth-order valence-electron chi connectivity index (χ4n) is 4.75. The van der Waals surface area contributed by atoms with E-state index >= 15 is 0 Å². The number of ether oxygens (including phenoxy) is 1. The lowest BCUT2D eigenvalue weighted by Gasteiger charge is -2.31. The Balaban J connectivity index is 1.59. The molecule has 3 heterocycles. The number of rotatable bonds is 8. The number of hydrogen-bond acceptors (Lipinski definition) is 10. The highest BCUT2D eigenvalue weighted by molar-refractivity contribution is 5.92. The summed E-state index contributed by atoms with van der Waals surface area (Å²) in [5.41, 5.74) is -4.51. The van der Waals surface area contributed by atoms with E-state index in [1.165, 1.54) is 24.2 Å². The minimum Gasteiger partial charge on any atom is -0.442 e. The molecule has 1 aliphatic carbocycles. The zero-order valence-electron chi connectivity index (χ0n) is 25.3. The number of carbonyl (C=O) groups excluding carboxylic acids is 1. The Morgan fingerprint density at radius 1 is 0.957 bits per heavy atom. The number of anilines is 2. The Morgan fingerprint density at radius 3 is 2.26 bits per heavy atom. The summed E-state index contributed by atoms with van der Waals surface area (Å²) in [4.78, 5) is 40.1. The lowest BCUT2D eigenvalue weighted by molar-refractivity contribution is -0.142. The summed E-state index contributed by atoms with van der Waals surface area (Å²) >= 11 is 0. The second kappa shape index (κ2) is 12.0. The molecule has 18 heteroatoms. The second-order valence-electron chi connectivity index (χ2n) is 11.6. The molecule has 0 unspecified atom stereocenters. The van der Waals surface area contributed by atoms with Crippen LogP contribution in [0, 0.1) is 5.92 Å². The van der Waals surface area contributed by atoms with Gasteiger partial charge in [0.2, 0.25) is 0 Å². The van der Waals surface area contributed by atoms with Crippen molar-refractivity contribution < 1.29 is 40.7 Å². The molecular weight excluding hydrogens is 624 g/mol. The SMILES string of the molecule is CON(C(=O)OC(C)(C)C)c1cc(-n2ncnc2[C@H](C)N(CC2CC2)c2ncnc3c(C(F)(F)F)cc(C(F)(F)F)cc23)ncn1. The predicted octanol–water partition coefficient (Wildman–Crippen LogP) is 6.32. The first kappa shape index (κ1) is 32.8. The van der Waals surface area contributed by atoms with Gasteiger partial charge in [0.15, 0.2) is 17.5 Å². The number of nitrogens with zero attached hydrogens (tertiary/aromatic N) is 9. The highest BCUT2D eigenvalue weighted by atomic mass is 19.4. The van der Waals surface area contributed by atoms with Gasteiger partial charge < -0.3 is 9.64 Å². The Labute approximate surface area is 258 Å². The van der Waals surface area contributed by atoms with Gasteiger partial charge in [-0.1, -0.05) is 0 Å². The van der Waals surface area contributed by atoms with Crippen LogP contribution in [0.1, 0.15) is 63.5 Å². The van der Waals surface area contributed by atoms with Gasteiger partial charge in [-0.25, -0.2) is 29.7 Å². The molecule has 0 bridgehead atoms. The number of halogens is 6. The highest BCUT2D eigenvalue weighted by Gasteiger charge is 2.40. The van der Waals surface area contributed by atoms with Gasteiger partial charge in [0, 0.05) is 18.0 Å². The highest BCUT2D eigenvalue weighted by Crippen LogP contribution is 2.43. The first-order chi connectivity index (χ1) is 21.5. The van der Waals surface area contributed by atoms with Crippen LogP contribution in [-0.4, -0.2) is 60.0 Å². The van der Waals surface area contributed by atoms with E-state index in [4.69, 9.17) is 9.57 Å². The second-order valence-corrected chi connectivity index (χ2v) is 11.6. The molecule has 1 atom stereocenters. The molecule has 0 aliphatic heterocycles. The van der Waals surface area contributed by atoms with Crippen LogP contribution in [0.3, 0.4) is 0 Å². The molecule has 0 saturated heterocycles. The van der Waals surface area contributed by atoms with Crippen LogP contribution in [0.15, 0.2) is 37.2 Å². The van der Waals surface area contributed by atoms with E-state index in [1.54, 1.807) is 32.6 Å². The molecule has 46 heavy (non-hydrogen) atoms. The van der Waals surface area contributed by atoms with Crippen LogP contribution in [-0.2, 0) is 21.9 Å².